The van der Waals surface area contributed by atoms with E-state index in [1.165, 1.54) is 17.5 Å². The fourth-order valence-electron chi connectivity index (χ4n) is 3.66. The lowest BCUT2D eigenvalue weighted by Crippen LogP contribution is -2.30. The van der Waals surface area contributed by atoms with Crippen LogP contribution in [0, 0.1) is 13.8 Å². The molecule has 2 aromatic heterocycles. The van der Waals surface area contributed by atoms with Gasteiger partial charge in [0.1, 0.15) is 17.5 Å². The van der Waals surface area contributed by atoms with E-state index in [1.54, 1.807) is 44.2 Å². The van der Waals surface area contributed by atoms with Gasteiger partial charge in [0.2, 0.25) is 10.0 Å². The Balaban J connectivity index is 1.73. The zero-order valence-corrected chi connectivity index (χ0v) is 22.4. The molecular weight excluding hydrogens is 518 g/mol. The number of hydrogen-bond acceptors (Lipinski definition) is 9. The topological polar surface area (TPSA) is 138 Å². The largest absolute Gasteiger partial charge is 0.353 e. The van der Waals surface area contributed by atoms with Gasteiger partial charge in [-0.2, -0.15) is 0 Å². The third kappa shape index (κ3) is 6.27. The minimum Gasteiger partial charge on any atom is -0.353 e. The van der Waals surface area contributed by atoms with Crippen molar-refractivity contribution in [1.29, 1.82) is 0 Å². The van der Waals surface area contributed by atoms with Gasteiger partial charge < -0.3 is 10.6 Å². The average Bonchev–Trinajstić information content (AvgIpc) is 3.69. The van der Waals surface area contributed by atoms with Crippen molar-refractivity contribution < 1.29 is 18.0 Å². The summed E-state index contributed by atoms with van der Waals surface area (Å²) in [5.41, 5.74) is 4.48. The van der Waals surface area contributed by atoms with Crippen LogP contribution in [0.1, 0.15) is 41.6 Å². The van der Waals surface area contributed by atoms with E-state index in [1.807, 2.05) is 6.92 Å². The Hall–Kier alpha value is -3.48. The van der Waals surface area contributed by atoms with E-state index in [2.05, 4.69) is 31.1 Å². The zero-order valence-electron chi connectivity index (χ0n) is 20.9. The van der Waals surface area contributed by atoms with E-state index in [9.17, 15) is 13.2 Å². The molecule has 0 atom stereocenters. The van der Waals surface area contributed by atoms with Gasteiger partial charge in [0.25, 0.3) is 5.91 Å². The molecule has 4 rings (SSSR count). The predicted molar refractivity (Wildman–Crippen MR) is 143 cm³/mol. The van der Waals surface area contributed by atoms with Gasteiger partial charge in [-0.3, -0.25) is 13.9 Å². The van der Waals surface area contributed by atoms with Crippen molar-refractivity contribution in [3.63, 3.8) is 0 Å². The molecule has 3 N–H and O–H groups in total. The molecule has 0 saturated heterocycles. The summed E-state index contributed by atoms with van der Waals surface area (Å²) in [5, 5.41) is 6.28. The van der Waals surface area contributed by atoms with E-state index in [0.29, 0.717) is 52.4 Å². The number of aromatic nitrogens is 3. The monoisotopic (exact) mass is 545 g/mol. The van der Waals surface area contributed by atoms with Crippen molar-refractivity contribution in [2.75, 3.05) is 28.6 Å². The Morgan fingerprint density at radius 1 is 1.11 bits per heavy atom. The second kappa shape index (κ2) is 10.9. The Labute approximate surface area is 220 Å². The molecule has 0 aliphatic heterocycles. The van der Waals surface area contributed by atoms with Gasteiger partial charge in [-0.1, -0.05) is 11.6 Å². The van der Waals surface area contributed by atoms with Crippen LogP contribution in [0.15, 0.2) is 36.5 Å². The van der Waals surface area contributed by atoms with Gasteiger partial charge in [-0.15, -0.1) is 0 Å². The van der Waals surface area contributed by atoms with E-state index in [4.69, 9.17) is 16.4 Å². The first-order valence-electron chi connectivity index (χ1n) is 11.6. The van der Waals surface area contributed by atoms with E-state index in [0.717, 1.165) is 5.69 Å². The van der Waals surface area contributed by atoms with Crippen LogP contribution in [-0.4, -0.2) is 48.2 Å². The molecule has 11 nitrogen and oxygen atoms in total. The maximum absolute atomic E-state index is 13.0. The summed E-state index contributed by atoms with van der Waals surface area (Å²) in [6.07, 6.45) is 2.64. The molecule has 1 aliphatic rings. The highest BCUT2D eigenvalue weighted by molar-refractivity contribution is 7.93. The van der Waals surface area contributed by atoms with Gasteiger partial charge in [0.05, 0.1) is 34.5 Å². The van der Waals surface area contributed by atoms with Gasteiger partial charge >= 0.3 is 0 Å². The molecule has 0 bridgehead atoms. The lowest BCUT2D eigenvalue weighted by Gasteiger charge is -2.24. The molecule has 1 amide bonds. The second-order valence-electron chi connectivity index (χ2n) is 8.54. The summed E-state index contributed by atoms with van der Waals surface area (Å²) in [7, 11) is -2.06. The molecule has 3 aromatic rings. The highest BCUT2D eigenvalue weighted by Gasteiger charge is 2.39. The van der Waals surface area contributed by atoms with Crippen LogP contribution < -0.4 is 20.4 Å². The number of rotatable bonds is 10. The zero-order chi connectivity index (χ0) is 26.7. The van der Waals surface area contributed by atoms with Crippen molar-refractivity contribution in [2.45, 2.75) is 38.9 Å². The summed E-state index contributed by atoms with van der Waals surface area (Å²) in [6.45, 7) is 5.66. The van der Waals surface area contributed by atoms with Crippen LogP contribution in [0.5, 0.6) is 0 Å². The van der Waals surface area contributed by atoms with Crippen molar-refractivity contribution in [2.24, 2.45) is 0 Å². The quantitative estimate of drug-likeness (QED) is 0.319. The number of carbonyl (C=O) groups is 1. The molecular formula is C24H28ClN7O4S. The molecule has 13 heteroatoms. The standard InChI is InChI=1S/C24H28ClN7O4S/c1-5-36-31-24(33)18-13-26-22(30-23-10-14(2)27-15(3)28-23)12-20(18)29-19-9-6-16(25)11-21(19)32(4)37(34,35)17-7-8-17/h6,9-13,17H,5,7-8H2,1-4H3,(H,31,33)(H2,26,27,28,29,30). The van der Waals surface area contributed by atoms with Crippen molar-refractivity contribution in [1.82, 2.24) is 20.4 Å². The van der Waals surface area contributed by atoms with Gasteiger partial charge in [-0.05, 0) is 51.8 Å². The molecule has 1 aliphatic carbocycles. The Morgan fingerprint density at radius 3 is 2.54 bits per heavy atom. The summed E-state index contributed by atoms with van der Waals surface area (Å²) < 4.78 is 27.1. The number of nitrogens with zero attached hydrogens (tertiary/aromatic N) is 4. The normalized spacial score (nSPS) is 13.2. The van der Waals surface area contributed by atoms with Crippen LogP contribution in [-0.2, 0) is 14.9 Å². The fraction of sp³-hybridized carbons (Fsp3) is 0.333. The maximum Gasteiger partial charge on any atom is 0.278 e. The third-order valence-corrected chi connectivity index (χ3v) is 8.08. The molecule has 0 spiro atoms. The smallest absolute Gasteiger partial charge is 0.278 e. The number of aryl methyl sites for hydroxylation is 2. The second-order valence-corrected chi connectivity index (χ2v) is 11.2. The Bertz CT molecular complexity index is 1410. The number of amides is 1. The van der Waals surface area contributed by atoms with E-state index in [-0.39, 0.29) is 12.2 Å². The number of halogens is 1. The minimum atomic E-state index is -3.55. The molecule has 196 valence electrons. The molecule has 0 unspecified atom stereocenters. The molecule has 1 fully saturated rings. The number of pyridine rings is 1. The molecule has 0 radical (unpaired) electrons. The average molecular weight is 546 g/mol. The molecule has 2 heterocycles. The lowest BCUT2D eigenvalue weighted by molar-refractivity contribution is 0.0365. The maximum atomic E-state index is 13.0. The van der Waals surface area contributed by atoms with Gasteiger partial charge in [0.15, 0.2) is 0 Å². The summed E-state index contributed by atoms with van der Waals surface area (Å²) in [4.78, 5) is 30.9. The highest BCUT2D eigenvalue weighted by Crippen LogP contribution is 2.38. The van der Waals surface area contributed by atoms with Gasteiger partial charge in [-0.25, -0.2) is 28.8 Å². The number of hydrogen-bond donors (Lipinski definition) is 3. The van der Waals surface area contributed by atoms with Crippen LogP contribution >= 0.6 is 11.6 Å². The van der Waals surface area contributed by atoms with E-state index < -0.39 is 21.2 Å². The summed E-state index contributed by atoms with van der Waals surface area (Å²) in [6, 6.07) is 8.26. The Morgan fingerprint density at radius 2 is 1.86 bits per heavy atom. The number of anilines is 5. The SMILES string of the molecule is CCONC(=O)c1cnc(Nc2cc(C)nc(C)n2)cc1Nc1ccc(Cl)cc1N(C)S(=O)(=O)C1CC1. The number of nitrogens with one attached hydrogen (secondary N) is 3. The van der Waals surface area contributed by atoms with Crippen LogP contribution in [0.2, 0.25) is 5.02 Å². The van der Waals surface area contributed by atoms with Crippen molar-refractivity contribution >= 4 is 56.2 Å². The fourth-order valence-corrected chi connectivity index (χ4v) is 5.43. The van der Waals surface area contributed by atoms with Crippen LogP contribution in [0.25, 0.3) is 0 Å². The molecule has 1 aromatic carbocycles. The molecule has 37 heavy (non-hydrogen) atoms. The summed E-state index contributed by atoms with van der Waals surface area (Å²) >= 11 is 6.23. The first-order valence-corrected chi connectivity index (χ1v) is 13.5. The number of hydroxylamine groups is 1. The number of carbonyl (C=O) groups excluding carboxylic acids is 1. The lowest BCUT2D eigenvalue weighted by atomic mass is 10.2. The van der Waals surface area contributed by atoms with Crippen LogP contribution in [0.4, 0.5) is 28.7 Å². The highest BCUT2D eigenvalue weighted by atomic mass is 35.5. The van der Waals surface area contributed by atoms with Gasteiger partial charge in [0, 0.05) is 36.1 Å². The number of sulfonamides is 1. The number of benzene rings is 1. The first-order chi connectivity index (χ1) is 17.6. The van der Waals surface area contributed by atoms with E-state index >= 15 is 0 Å². The summed E-state index contributed by atoms with van der Waals surface area (Å²) in [5.74, 6) is 1.02. The van der Waals surface area contributed by atoms with Crippen molar-refractivity contribution in [3.05, 3.63) is 58.6 Å². The third-order valence-electron chi connectivity index (χ3n) is 5.58. The molecule has 1 saturated carbocycles. The predicted octanol–water partition coefficient (Wildman–Crippen LogP) is 4.24. The first kappa shape index (κ1) is 26.6. The Kier molecular flexibility index (Phi) is 7.81. The minimum absolute atomic E-state index is 0.183. The van der Waals surface area contributed by atoms with Crippen molar-refractivity contribution in [3.8, 4) is 0 Å². The van der Waals surface area contributed by atoms with Crippen LogP contribution in [0.3, 0.4) is 0 Å².